The van der Waals surface area contributed by atoms with Gasteiger partial charge in [0, 0.05) is 0 Å². The van der Waals surface area contributed by atoms with Crippen LogP contribution in [0.4, 0.5) is 0 Å². The molecule has 2 N–H and O–H groups in total. The smallest absolute Gasteiger partial charge is 0.478 e. The monoisotopic (exact) mass is 323 g/mol. The first-order valence-corrected chi connectivity index (χ1v) is 7.71. The topological polar surface area (TPSA) is 80.4 Å². The third kappa shape index (κ3) is 4.21. The average molecular weight is 323 g/mol. The molecule has 0 radical (unpaired) electrons. The molecular weight excluding hydrogens is 305 g/mol. The van der Waals surface area contributed by atoms with Crippen molar-refractivity contribution in [3.8, 4) is 5.75 Å². The van der Waals surface area contributed by atoms with Crippen LogP contribution in [0.3, 0.4) is 0 Å². The van der Waals surface area contributed by atoms with E-state index in [1.807, 2.05) is 60.7 Å². The van der Waals surface area contributed by atoms with Gasteiger partial charge in [0.1, 0.15) is 18.1 Å². The van der Waals surface area contributed by atoms with Crippen LogP contribution in [0.5, 0.6) is 5.75 Å². The fourth-order valence-corrected chi connectivity index (χ4v) is 2.41. The Kier molecular flexibility index (Phi) is 5.25. The van der Waals surface area contributed by atoms with Crippen molar-refractivity contribution in [2.75, 3.05) is 0 Å². The summed E-state index contributed by atoms with van der Waals surface area (Å²) in [5, 5.41) is 27.4. The fraction of sp³-hybridized carbons (Fsp3) is 0.176. The lowest BCUT2D eigenvalue weighted by atomic mass is 9.76. The first kappa shape index (κ1) is 16.2. The lowest BCUT2D eigenvalue weighted by Gasteiger charge is -2.15. The SMILES string of the molecule is OB(O)[C@H](Cc1ccccc1)n1cc(COc2ccccc2)nn1. The molecule has 7 heteroatoms. The Morgan fingerprint density at radius 1 is 1.00 bits per heavy atom. The van der Waals surface area contributed by atoms with Gasteiger partial charge in [0.25, 0.3) is 0 Å². The molecule has 6 nitrogen and oxygen atoms in total. The summed E-state index contributed by atoms with van der Waals surface area (Å²) in [6.45, 7) is 0.267. The number of nitrogens with zero attached hydrogens (tertiary/aromatic N) is 3. The highest BCUT2D eigenvalue weighted by Crippen LogP contribution is 2.16. The van der Waals surface area contributed by atoms with Gasteiger partial charge in [-0.3, -0.25) is 4.68 Å². The molecule has 0 fully saturated rings. The normalized spacial score (nSPS) is 11.9. The molecule has 3 aromatic rings. The van der Waals surface area contributed by atoms with Gasteiger partial charge in [-0.05, 0) is 24.1 Å². The number of ether oxygens (including phenoxy) is 1. The van der Waals surface area contributed by atoms with E-state index in [-0.39, 0.29) is 6.61 Å². The lowest BCUT2D eigenvalue weighted by molar-refractivity contribution is 0.301. The summed E-state index contributed by atoms with van der Waals surface area (Å²) in [6.07, 6.45) is 2.12. The van der Waals surface area contributed by atoms with Crippen molar-refractivity contribution in [2.45, 2.75) is 19.0 Å². The highest BCUT2D eigenvalue weighted by atomic mass is 16.5. The molecule has 0 unspecified atom stereocenters. The van der Waals surface area contributed by atoms with E-state index in [9.17, 15) is 10.0 Å². The largest absolute Gasteiger partial charge is 0.487 e. The van der Waals surface area contributed by atoms with Gasteiger partial charge >= 0.3 is 7.12 Å². The number of aromatic nitrogens is 3. The summed E-state index contributed by atoms with van der Waals surface area (Å²) in [5.74, 6) is 0.139. The Balaban J connectivity index is 1.67. The summed E-state index contributed by atoms with van der Waals surface area (Å²) >= 11 is 0. The Labute approximate surface area is 140 Å². The molecule has 0 aliphatic carbocycles. The van der Waals surface area contributed by atoms with Crippen LogP contribution in [0.2, 0.25) is 0 Å². The Morgan fingerprint density at radius 2 is 1.67 bits per heavy atom. The zero-order valence-electron chi connectivity index (χ0n) is 13.1. The minimum atomic E-state index is -1.53. The van der Waals surface area contributed by atoms with Crippen molar-refractivity contribution in [2.24, 2.45) is 0 Å². The van der Waals surface area contributed by atoms with Gasteiger partial charge in [-0.25, -0.2) is 0 Å². The number of benzene rings is 2. The van der Waals surface area contributed by atoms with Crippen LogP contribution in [-0.4, -0.2) is 32.2 Å². The van der Waals surface area contributed by atoms with Gasteiger partial charge in [-0.1, -0.05) is 53.7 Å². The molecule has 0 saturated heterocycles. The lowest BCUT2D eigenvalue weighted by Crippen LogP contribution is -2.31. The third-order valence-corrected chi connectivity index (χ3v) is 3.66. The first-order chi connectivity index (χ1) is 11.7. The molecule has 0 amide bonds. The van der Waals surface area contributed by atoms with E-state index in [0.29, 0.717) is 12.1 Å². The molecule has 2 aromatic carbocycles. The maximum absolute atomic E-state index is 9.68. The minimum Gasteiger partial charge on any atom is -0.487 e. The van der Waals surface area contributed by atoms with Crippen LogP contribution in [0, 0.1) is 0 Å². The van der Waals surface area contributed by atoms with Crippen molar-refractivity contribution in [3.63, 3.8) is 0 Å². The number of hydrogen-bond acceptors (Lipinski definition) is 5. The van der Waals surface area contributed by atoms with Crippen LogP contribution in [0.1, 0.15) is 17.2 Å². The molecule has 3 rings (SSSR count). The van der Waals surface area contributed by atoms with Crippen LogP contribution in [-0.2, 0) is 13.0 Å². The second-order valence-corrected chi connectivity index (χ2v) is 5.46. The third-order valence-electron chi connectivity index (χ3n) is 3.66. The van der Waals surface area contributed by atoms with Crippen LogP contribution in [0.15, 0.2) is 66.9 Å². The standard InChI is InChI=1S/C17H18BN3O3/c22-18(23)17(11-14-7-3-1-4-8-14)21-12-15(19-20-21)13-24-16-9-5-2-6-10-16/h1-10,12,17,22-23H,11,13H2/t17-/m0/s1. The predicted octanol–water partition coefficient (Wildman–Crippen LogP) is 1.65. The summed E-state index contributed by atoms with van der Waals surface area (Å²) in [4.78, 5) is 0. The van der Waals surface area contributed by atoms with E-state index >= 15 is 0 Å². The number of para-hydroxylation sites is 1. The van der Waals surface area contributed by atoms with E-state index in [1.54, 1.807) is 6.20 Å². The molecule has 0 spiro atoms. The highest BCUT2D eigenvalue weighted by molar-refractivity contribution is 6.42. The van der Waals surface area contributed by atoms with Crippen molar-refractivity contribution in [1.29, 1.82) is 0 Å². The van der Waals surface area contributed by atoms with E-state index in [4.69, 9.17) is 4.74 Å². The zero-order valence-corrected chi connectivity index (χ0v) is 13.1. The summed E-state index contributed by atoms with van der Waals surface area (Å²) < 4.78 is 7.10. The summed E-state index contributed by atoms with van der Waals surface area (Å²) in [7, 11) is -1.53. The fourth-order valence-electron chi connectivity index (χ4n) is 2.41. The van der Waals surface area contributed by atoms with Gasteiger partial charge in [0.2, 0.25) is 0 Å². The molecular formula is C17H18BN3O3. The van der Waals surface area contributed by atoms with Gasteiger partial charge in [0.15, 0.2) is 0 Å². The van der Waals surface area contributed by atoms with Crippen LogP contribution < -0.4 is 4.74 Å². The van der Waals surface area contributed by atoms with Gasteiger partial charge in [-0.2, -0.15) is 0 Å². The number of hydrogen-bond donors (Lipinski definition) is 2. The number of rotatable bonds is 7. The van der Waals surface area contributed by atoms with E-state index in [2.05, 4.69) is 10.3 Å². The molecule has 1 aromatic heterocycles. The molecule has 122 valence electrons. The highest BCUT2D eigenvalue weighted by Gasteiger charge is 2.27. The predicted molar refractivity (Wildman–Crippen MR) is 90.2 cm³/mol. The molecule has 0 aliphatic rings. The van der Waals surface area contributed by atoms with Crippen molar-refractivity contribution in [1.82, 2.24) is 15.0 Å². The van der Waals surface area contributed by atoms with Crippen molar-refractivity contribution < 1.29 is 14.8 Å². The Hall–Kier alpha value is -2.64. The van der Waals surface area contributed by atoms with Gasteiger partial charge in [-0.15, -0.1) is 5.10 Å². The Bertz CT molecular complexity index is 750. The minimum absolute atomic E-state index is 0.267. The molecule has 0 saturated carbocycles. The molecule has 1 heterocycles. The van der Waals surface area contributed by atoms with Crippen LogP contribution in [0.25, 0.3) is 0 Å². The maximum atomic E-state index is 9.68. The summed E-state index contributed by atoms with van der Waals surface area (Å²) in [5.41, 5.74) is 1.62. The van der Waals surface area contributed by atoms with E-state index in [0.717, 1.165) is 11.3 Å². The van der Waals surface area contributed by atoms with Crippen LogP contribution >= 0.6 is 0 Å². The first-order valence-electron chi connectivity index (χ1n) is 7.71. The molecule has 0 bridgehead atoms. The van der Waals surface area contributed by atoms with Gasteiger partial charge in [0.05, 0.1) is 12.1 Å². The quantitative estimate of drug-likeness (QED) is 0.646. The Morgan fingerprint density at radius 3 is 2.33 bits per heavy atom. The average Bonchev–Trinajstić information content (AvgIpc) is 3.08. The van der Waals surface area contributed by atoms with Gasteiger partial charge < -0.3 is 14.8 Å². The van der Waals surface area contributed by atoms with E-state index in [1.165, 1.54) is 4.68 Å². The van der Waals surface area contributed by atoms with Crippen molar-refractivity contribution >= 4 is 7.12 Å². The second kappa shape index (κ2) is 7.76. The van der Waals surface area contributed by atoms with Crippen molar-refractivity contribution in [3.05, 3.63) is 78.1 Å². The van der Waals surface area contributed by atoms with E-state index < -0.39 is 13.1 Å². The molecule has 24 heavy (non-hydrogen) atoms. The molecule has 0 aliphatic heterocycles. The molecule has 1 atom stereocenters. The zero-order chi connectivity index (χ0) is 16.8. The summed E-state index contributed by atoms with van der Waals surface area (Å²) in [6, 6.07) is 19.0. The second-order valence-electron chi connectivity index (χ2n) is 5.46. The maximum Gasteiger partial charge on any atom is 0.478 e.